The Labute approximate surface area is 121 Å². The normalized spacial score (nSPS) is 12.8. The zero-order valence-corrected chi connectivity index (χ0v) is 12.3. The number of halogens is 1. The number of hydrogen-bond donors (Lipinski definition) is 0. The summed E-state index contributed by atoms with van der Waals surface area (Å²) in [5, 5.41) is 4.21. The van der Waals surface area contributed by atoms with Crippen molar-refractivity contribution >= 4 is 22.6 Å². The van der Waals surface area contributed by atoms with E-state index in [0.717, 1.165) is 28.4 Å². The summed E-state index contributed by atoms with van der Waals surface area (Å²) in [6.45, 7) is 1.90. The number of fused-ring (bicyclic) bond motifs is 1. The molecule has 0 N–H and O–H groups in total. The van der Waals surface area contributed by atoms with Crippen molar-refractivity contribution in [3.8, 4) is 11.6 Å². The third kappa shape index (κ3) is 1.94. The standard InChI is InChI=1S/C14H15ClN4O/c1-9(15)14-16-13-10(5-4-6-11(13)20-3)19(14)12-7-8-18(2)17-12/h4-9H,1-3H3. The van der Waals surface area contributed by atoms with Crippen LogP contribution in [0.3, 0.4) is 0 Å². The van der Waals surface area contributed by atoms with Crippen molar-refractivity contribution in [1.29, 1.82) is 0 Å². The van der Waals surface area contributed by atoms with Gasteiger partial charge in [-0.1, -0.05) is 6.07 Å². The summed E-state index contributed by atoms with van der Waals surface area (Å²) in [6, 6.07) is 7.75. The molecule has 0 spiro atoms. The Morgan fingerprint density at radius 2 is 2.10 bits per heavy atom. The number of aromatic nitrogens is 4. The smallest absolute Gasteiger partial charge is 0.160 e. The van der Waals surface area contributed by atoms with E-state index in [1.807, 2.05) is 49.0 Å². The quantitative estimate of drug-likeness (QED) is 0.696. The van der Waals surface area contributed by atoms with E-state index >= 15 is 0 Å². The minimum absolute atomic E-state index is 0.228. The minimum Gasteiger partial charge on any atom is -0.494 e. The van der Waals surface area contributed by atoms with Crippen molar-refractivity contribution < 1.29 is 4.74 Å². The Morgan fingerprint density at radius 1 is 1.30 bits per heavy atom. The maximum absolute atomic E-state index is 6.27. The maximum Gasteiger partial charge on any atom is 0.160 e. The van der Waals surface area contributed by atoms with E-state index in [0.29, 0.717) is 0 Å². The molecule has 2 heterocycles. The average Bonchev–Trinajstić information content (AvgIpc) is 3.01. The zero-order valence-electron chi connectivity index (χ0n) is 11.5. The molecule has 0 fully saturated rings. The molecule has 1 unspecified atom stereocenters. The Morgan fingerprint density at radius 3 is 2.70 bits per heavy atom. The van der Waals surface area contributed by atoms with E-state index in [9.17, 15) is 0 Å². The molecular weight excluding hydrogens is 276 g/mol. The van der Waals surface area contributed by atoms with Gasteiger partial charge in [-0.25, -0.2) is 4.98 Å². The number of rotatable bonds is 3. The fourth-order valence-electron chi connectivity index (χ4n) is 2.29. The molecular formula is C14H15ClN4O. The largest absolute Gasteiger partial charge is 0.494 e. The van der Waals surface area contributed by atoms with E-state index < -0.39 is 0 Å². The number of alkyl halides is 1. The predicted molar refractivity (Wildman–Crippen MR) is 78.7 cm³/mol. The van der Waals surface area contributed by atoms with Crippen LogP contribution < -0.4 is 4.74 Å². The highest BCUT2D eigenvalue weighted by molar-refractivity contribution is 6.20. The summed E-state index contributed by atoms with van der Waals surface area (Å²) >= 11 is 6.27. The molecule has 0 amide bonds. The third-order valence-electron chi connectivity index (χ3n) is 3.18. The second-order valence-corrected chi connectivity index (χ2v) is 5.25. The highest BCUT2D eigenvalue weighted by Gasteiger charge is 2.19. The molecule has 0 bridgehead atoms. The molecule has 6 heteroatoms. The van der Waals surface area contributed by atoms with Gasteiger partial charge in [-0.05, 0) is 19.1 Å². The van der Waals surface area contributed by atoms with Gasteiger partial charge in [-0.3, -0.25) is 9.25 Å². The van der Waals surface area contributed by atoms with Crippen molar-refractivity contribution in [2.45, 2.75) is 12.3 Å². The molecule has 0 saturated carbocycles. The predicted octanol–water partition coefficient (Wildman–Crippen LogP) is 3.07. The Kier molecular flexibility index (Phi) is 3.14. The first-order chi connectivity index (χ1) is 9.61. The Bertz CT molecular complexity index is 760. The van der Waals surface area contributed by atoms with Crippen LogP contribution in [0.1, 0.15) is 18.1 Å². The van der Waals surface area contributed by atoms with Gasteiger partial charge < -0.3 is 4.74 Å². The van der Waals surface area contributed by atoms with Gasteiger partial charge in [0, 0.05) is 19.3 Å². The van der Waals surface area contributed by atoms with Gasteiger partial charge in [0.15, 0.2) is 5.82 Å². The van der Waals surface area contributed by atoms with Gasteiger partial charge in [0.2, 0.25) is 0 Å². The molecule has 2 aromatic heterocycles. The van der Waals surface area contributed by atoms with Gasteiger partial charge in [-0.15, -0.1) is 11.6 Å². The molecule has 5 nitrogen and oxygen atoms in total. The molecule has 1 aromatic carbocycles. The molecule has 20 heavy (non-hydrogen) atoms. The number of benzene rings is 1. The van der Waals surface area contributed by atoms with Crippen LogP contribution in [-0.2, 0) is 7.05 Å². The first-order valence-corrected chi connectivity index (χ1v) is 6.75. The monoisotopic (exact) mass is 290 g/mol. The van der Waals surface area contributed by atoms with Crippen LogP contribution in [0.15, 0.2) is 30.5 Å². The van der Waals surface area contributed by atoms with Crippen LogP contribution in [-0.4, -0.2) is 26.4 Å². The zero-order chi connectivity index (χ0) is 14.3. The van der Waals surface area contributed by atoms with Crippen molar-refractivity contribution in [1.82, 2.24) is 19.3 Å². The Balaban J connectivity index is 2.36. The highest BCUT2D eigenvalue weighted by Crippen LogP contribution is 2.31. The summed E-state index contributed by atoms with van der Waals surface area (Å²) in [4.78, 5) is 4.63. The second kappa shape index (κ2) is 4.83. The summed E-state index contributed by atoms with van der Waals surface area (Å²) in [6.07, 6.45) is 1.89. The van der Waals surface area contributed by atoms with Gasteiger partial charge >= 0.3 is 0 Å². The van der Waals surface area contributed by atoms with Gasteiger partial charge in [0.25, 0.3) is 0 Å². The van der Waals surface area contributed by atoms with Gasteiger partial charge in [0.05, 0.1) is 18.0 Å². The lowest BCUT2D eigenvalue weighted by atomic mass is 10.3. The van der Waals surface area contributed by atoms with Crippen LogP contribution in [0.25, 0.3) is 16.9 Å². The van der Waals surface area contributed by atoms with Crippen molar-refractivity contribution in [3.63, 3.8) is 0 Å². The maximum atomic E-state index is 6.27. The van der Waals surface area contributed by atoms with Crippen molar-refractivity contribution in [2.75, 3.05) is 7.11 Å². The van der Waals surface area contributed by atoms with Gasteiger partial charge in [-0.2, -0.15) is 5.10 Å². The van der Waals surface area contributed by atoms with E-state index in [4.69, 9.17) is 16.3 Å². The number of imidazole rings is 1. The minimum atomic E-state index is -0.228. The number of ether oxygens (including phenoxy) is 1. The molecule has 0 aliphatic heterocycles. The van der Waals surface area contributed by atoms with E-state index in [-0.39, 0.29) is 5.38 Å². The summed E-state index contributed by atoms with van der Waals surface area (Å²) in [7, 11) is 3.52. The van der Waals surface area contributed by atoms with E-state index in [1.54, 1.807) is 11.8 Å². The van der Waals surface area contributed by atoms with Crippen LogP contribution >= 0.6 is 11.6 Å². The number of aryl methyl sites for hydroxylation is 1. The molecule has 0 radical (unpaired) electrons. The number of hydrogen-bond acceptors (Lipinski definition) is 3. The summed E-state index contributed by atoms with van der Waals surface area (Å²) < 4.78 is 9.09. The average molecular weight is 291 g/mol. The van der Waals surface area contributed by atoms with Gasteiger partial charge in [0.1, 0.15) is 17.1 Å². The van der Waals surface area contributed by atoms with Crippen LogP contribution in [0.5, 0.6) is 5.75 Å². The second-order valence-electron chi connectivity index (χ2n) is 4.60. The highest BCUT2D eigenvalue weighted by atomic mass is 35.5. The lowest BCUT2D eigenvalue weighted by Crippen LogP contribution is -2.03. The fourth-order valence-corrected chi connectivity index (χ4v) is 2.43. The SMILES string of the molecule is COc1cccc2c1nc(C(C)Cl)n2-c1ccn(C)n1. The first-order valence-electron chi connectivity index (χ1n) is 6.31. The summed E-state index contributed by atoms with van der Waals surface area (Å²) in [5.74, 6) is 2.28. The van der Waals surface area contributed by atoms with Crippen LogP contribution in [0.2, 0.25) is 0 Å². The molecule has 1 atom stereocenters. The van der Waals surface area contributed by atoms with Crippen molar-refractivity contribution in [2.24, 2.45) is 7.05 Å². The molecule has 104 valence electrons. The third-order valence-corrected chi connectivity index (χ3v) is 3.37. The lowest BCUT2D eigenvalue weighted by Gasteiger charge is -2.07. The number of para-hydroxylation sites is 1. The number of nitrogens with zero attached hydrogens (tertiary/aromatic N) is 4. The number of methoxy groups -OCH3 is 1. The molecule has 0 aliphatic carbocycles. The van der Waals surface area contributed by atoms with Crippen molar-refractivity contribution in [3.05, 3.63) is 36.3 Å². The fraction of sp³-hybridized carbons (Fsp3) is 0.286. The van der Waals surface area contributed by atoms with Crippen LogP contribution in [0.4, 0.5) is 0 Å². The molecule has 0 aliphatic rings. The van der Waals surface area contributed by atoms with Crippen LogP contribution in [0, 0.1) is 0 Å². The topological polar surface area (TPSA) is 44.9 Å². The molecule has 0 saturated heterocycles. The Hall–Kier alpha value is -2.01. The molecule has 3 aromatic rings. The van der Waals surface area contributed by atoms with E-state index in [1.165, 1.54) is 0 Å². The van der Waals surface area contributed by atoms with E-state index in [2.05, 4.69) is 10.1 Å². The lowest BCUT2D eigenvalue weighted by molar-refractivity contribution is 0.419. The summed E-state index contributed by atoms with van der Waals surface area (Å²) in [5.41, 5.74) is 1.73. The molecule has 3 rings (SSSR count). The first kappa shape index (κ1) is 13.0.